The van der Waals surface area contributed by atoms with Gasteiger partial charge in [-0.25, -0.2) is 4.79 Å². The topological polar surface area (TPSA) is 108 Å². The van der Waals surface area contributed by atoms with Crippen LogP contribution in [0.5, 0.6) is 0 Å². The van der Waals surface area contributed by atoms with E-state index in [1.54, 1.807) is 46.9 Å². The third kappa shape index (κ3) is 9.91. The number of hydrogen-bond acceptors (Lipinski definition) is 6. The van der Waals surface area contributed by atoms with Crippen molar-refractivity contribution in [3.63, 3.8) is 0 Å². The molecule has 0 aliphatic heterocycles. The Bertz CT molecular complexity index is 819. The molecule has 1 rings (SSSR count). The molecule has 4 atom stereocenters. The van der Waals surface area contributed by atoms with E-state index in [2.05, 4.69) is 39.2 Å². The Kier molecular flexibility index (Phi) is 11.0. The molecule has 0 radical (unpaired) electrons. The quantitative estimate of drug-likeness (QED) is 0.407. The van der Waals surface area contributed by atoms with Crippen molar-refractivity contribution in [3.8, 4) is 0 Å². The van der Waals surface area contributed by atoms with E-state index in [4.69, 9.17) is 9.16 Å². The third-order valence-corrected chi connectivity index (χ3v) is 11.1. The van der Waals surface area contributed by atoms with E-state index < -0.39 is 44.3 Å². The fourth-order valence-electron chi connectivity index (χ4n) is 3.06. The van der Waals surface area contributed by atoms with Gasteiger partial charge in [-0.05, 0) is 51.4 Å². The number of benzene rings is 1. The second-order valence-corrected chi connectivity index (χ2v) is 16.5. The second-order valence-electron chi connectivity index (χ2n) is 11.7. The lowest BCUT2D eigenvalue weighted by molar-refractivity contribution is -0.136. The molecule has 0 spiro atoms. The molecule has 8 nitrogen and oxygen atoms in total. The summed E-state index contributed by atoms with van der Waals surface area (Å²) < 4.78 is 11.6. The molecule has 0 unspecified atom stereocenters. The van der Waals surface area contributed by atoms with Gasteiger partial charge in [0.05, 0.1) is 37.3 Å². The van der Waals surface area contributed by atoms with Crippen LogP contribution in [-0.4, -0.2) is 72.9 Å². The molecular formula is C26H46N2O6Si. The van der Waals surface area contributed by atoms with Crippen LogP contribution in [0.25, 0.3) is 0 Å². The molecule has 2 amide bonds. The zero-order valence-corrected chi connectivity index (χ0v) is 24.1. The van der Waals surface area contributed by atoms with Gasteiger partial charge in [-0.3, -0.25) is 4.79 Å². The van der Waals surface area contributed by atoms with E-state index >= 15 is 0 Å². The summed E-state index contributed by atoms with van der Waals surface area (Å²) in [6.45, 7) is 17.5. The standard InChI is InChI=1S/C26H46N2O6Si/c1-18(23(31)19-14-12-11-13-15-19)28(8)22(30)16-21(29)20(27-24(32)34-25(2,3)4)17-33-35(9,10)26(5,6)7/h11-15,18,20-21,23,29,31H,16-17H2,1-10H3,(H,27,32)/t18-,20+,21+,23+/m1/s1. The van der Waals surface area contributed by atoms with Crippen molar-refractivity contribution in [1.82, 2.24) is 10.2 Å². The largest absolute Gasteiger partial charge is 0.444 e. The highest BCUT2D eigenvalue weighted by Gasteiger charge is 2.39. The summed E-state index contributed by atoms with van der Waals surface area (Å²) in [5.74, 6) is -0.358. The van der Waals surface area contributed by atoms with Crippen molar-refractivity contribution >= 4 is 20.3 Å². The van der Waals surface area contributed by atoms with Crippen LogP contribution in [0.2, 0.25) is 18.1 Å². The highest BCUT2D eigenvalue weighted by atomic mass is 28.4. The van der Waals surface area contributed by atoms with Crippen LogP contribution in [0.3, 0.4) is 0 Å². The number of carbonyl (C=O) groups excluding carboxylic acids is 2. The lowest BCUT2D eigenvalue weighted by Gasteiger charge is -2.38. The second kappa shape index (κ2) is 12.3. The van der Waals surface area contributed by atoms with Gasteiger partial charge in [-0.15, -0.1) is 0 Å². The van der Waals surface area contributed by atoms with Crippen LogP contribution >= 0.6 is 0 Å². The number of alkyl carbamates (subject to hydrolysis) is 1. The molecule has 0 saturated carbocycles. The molecule has 35 heavy (non-hydrogen) atoms. The maximum absolute atomic E-state index is 13.0. The Morgan fingerprint density at radius 2 is 1.60 bits per heavy atom. The van der Waals surface area contributed by atoms with Crippen molar-refractivity contribution in [2.45, 2.75) is 103 Å². The number of rotatable bonds is 10. The molecule has 0 heterocycles. The zero-order valence-electron chi connectivity index (χ0n) is 23.1. The smallest absolute Gasteiger partial charge is 0.408 e. The molecule has 200 valence electrons. The van der Waals surface area contributed by atoms with Gasteiger partial charge in [0.1, 0.15) is 5.60 Å². The van der Waals surface area contributed by atoms with Gasteiger partial charge in [0.25, 0.3) is 0 Å². The van der Waals surface area contributed by atoms with Crippen molar-refractivity contribution in [1.29, 1.82) is 0 Å². The van der Waals surface area contributed by atoms with Gasteiger partial charge in [-0.1, -0.05) is 51.1 Å². The lowest BCUT2D eigenvalue weighted by Crippen LogP contribution is -2.52. The van der Waals surface area contributed by atoms with Crippen molar-refractivity contribution in [2.24, 2.45) is 0 Å². The average Bonchev–Trinajstić information content (AvgIpc) is 2.73. The van der Waals surface area contributed by atoms with Crippen molar-refractivity contribution < 1.29 is 29.0 Å². The molecule has 0 fully saturated rings. The first-order valence-corrected chi connectivity index (χ1v) is 15.1. The van der Waals surface area contributed by atoms with E-state index in [1.165, 1.54) is 4.90 Å². The lowest BCUT2D eigenvalue weighted by atomic mass is 10.0. The summed E-state index contributed by atoms with van der Waals surface area (Å²) >= 11 is 0. The number of nitrogens with one attached hydrogen (secondary N) is 1. The van der Waals surface area contributed by atoms with Crippen molar-refractivity contribution in [3.05, 3.63) is 35.9 Å². The van der Waals surface area contributed by atoms with Crippen LogP contribution in [0.1, 0.15) is 66.6 Å². The Morgan fingerprint density at radius 1 is 1.06 bits per heavy atom. The Labute approximate surface area is 212 Å². The first-order chi connectivity index (χ1) is 15.9. The predicted molar refractivity (Wildman–Crippen MR) is 141 cm³/mol. The summed E-state index contributed by atoms with van der Waals surface area (Å²) in [4.78, 5) is 26.9. The molecule has 0 aromatic heterocycles. The minimum atomic E-state index is -2.18. The van der Waals surface area contributed by atoms with Gasteiger partial charge < -0.3 is 29.6 Å². The molecule has 0 aliphatic rings. The molecule has 1 aromatic rings. The van der Waals surface area contributed by atoms with Gasteiger partial charge in [0.2, 0.25) is 5.91 Å². The number of amides is 2. The van der Waals surface area contributed by atoms with Gasteiger partial charge in [-0.2, -0.15) is 0 Å². The normalized spacial score (nSPS) is 16.1. The Balaban J connectivity index is 2.94. The first-order valence-electron chi connectivity index (χ1n) is 12.2. The SMILES string of the molecule is C[C@H]([C@H](O)c1ccccc1)N(C)C(=O)C[C@H](O)[C@H](CO[Si](C)(C)C(C)(C)C)NC(=O)OC(C)(C)C. The maximum atomic E-state index is 13.0. The summed E-state index contributed by atoms with van der Waals surface area (Å²) in [6.07, 6.45) is -3.01. The van der Waals surface area contributed by atoms with Crippen LogP contribution in [0.4, 0.5) is 4.79 Å². The van der Waals surface area contributed by atoms with E-state index in [0.717, 1.165) is 0 Å². The zero-order chi connectivity index (χ0) is 27.2. The number of hydrogen-bond donors (Lipinski definition) is 3. The van der Waals surface area contributed by atoms with E-state index in [-0.39, 0.29) is 24.0 Å². The number of aliphatic hydroxyl groups excluding tert-OH is 2. The minimum Gasteiger partial charge on any atom is -0.444 e. The number of aliphatic hydroxyl groups is 2. The predicted octanol–water partition coefficient (Wildman–Crippen LogP) is 4.23. The van der Waals surface area contributed by atoms with E-state index in [9.17, 15) is 19.8 Å². The molecule has 3 N–H and O–H groups in total. The monoisotopic (exact) mass is 510 g/mol. The highest BCUT2D eigenvalue weighted by molar-refractivity contribution is 6.74. The number of nitrogens with zero attached hydrogens (tertiary/aromatic N) is 1. The van der Waals surface area contributed by atoms with Crippen LogP contribution in [-0.2, 0) is 14.0 Å². The molecule has 1 aromatic carbocycles. The first kappa shape index (κ1) is 31.1. The molecular weight excluding hydrogens is 464 g/mol. The average molecular weight is 511 g/mol. The van der Waals surface area contributed by atoms with Gasteiger partial charge in [0.15, 0.2) is 8.32 Å². The molecule has 0 aliphatic carbocycles. The summed E-state index contributed by atoms with van der Waals surface area (Å²) in [5, 5.41) is 24.3. The summed E-state index contributed by atoms with van der Waals surface area (Å²) in [7, 11) is -0.584. The Morgan fingerprint density at radius 3 is 2.09 bits per heavy atom. The Hall–Kier alpha value is -1.94. The van der Waals surface area contributed by atoms with E-state index in [1.807, 2.05) is 18.2 Å². The van der Waals surface area contributed by atoms with Crippen molar-refractivity contribution in [2.75, 3.05) is 13.7 Å². The summed E-state index contributed by atoms with van der Waals surface area (Å²) in [6, 6.07) is 7.75. The fraction of sp³-hybridized carbons (Fsp3) is 0.692. The minimum absolute atomic E-state index is 0.0517. The number of carbonyl (C=O) groups is 2. The van der Waals surface area contributed by atoms with Crippen LogP contribution < -0.4 is 5.32 Å². The third-order valence-electron chi connectivity index (χ3n) is 6.58. The van der Waals surface area contributed by atoms with E-state index in [0.29, 0.717) is 5.56 Å². The maximum Gasteiger partial charge on any atom is 0.408 e. The molecule has 0 saturated heterocycles. The molecule has 0 bridgehead atoms. The fourth-order valence-corrected chi connectivity index (χ4v) is 4.08. The van der Waals surface area contributed by atoms with Gasteiger partial charge >= 0.3 is 6.09 Å². The van der Waals surface area contributed by atoms with Crippen LogP contribution in [0.15, 0.2) is 30.3 Å². The van der Waals surface area contributed by atoms with Crippen LogP contribution in [0, 0.1) is 0 Å². The number of likely N-dealkylation sites (N-methyl/N-ethyl adjacent to an activating group) is 1. The number of ether oxygens (including phenoxy) is 1. The highest BCUT2D eigenvalue weighted by Crippen LogP contribution is 2.36. The summed E-state index contributed by atoms with van der Waals surface area (Å²) in [5.41, 5.74) is -0.00807. The van der Waals surface area contributed by atoms with Gasteiger partial charge in [0, 0.05) is 7.05 Å². The molecule has 9 heteroatoms.